The van der Waals surface area contributed by atoms with E-state index in [4.69, 9.17) is 14.7 Å². The molecule has 28 heavy (non-hydrogen) atoms. The van der Waals surface area contributed by atoms with Crippen LogP contribution in [0, 0.1) is 0 Å². The lowest BCUT2D eigenvalue weighted by Crippen LogP contribution is -2.25. The van der Waals surface area contributed by atoms with Crippen molar-refractivity contribution in [2.45, 2.75) is 37.8 Å². The van der Waals surface area contributed by atoms with Gasteiger partial charge in [0.05, 0.1) is 17.7 Å². The number of rotatable bonds is 5. The highest BCUT2D eigenvalue weighted by Gasteiger charge is 2.38. The molecular weight excluding hydrogens is 390 g/mol. The summed E-state index contributed by atoms with van der Waals surface area (Å²) < 4.78 is 5.21. The third-order valence-electron chi connectivity index (χ3n) is 4.93. The highest BCUT2D eigenvalue weighted by molar-refractivity contribution is 8.16. The fourth-order valence-corrected chi connectivity index (χ4v) is 5.22. The van der Waals surface area contributed by atoms with Gasteiger partial charge in [0.1, 0.15) is 16.5 Å². The number of aliphatic imine (C=N–C) groups is 2. The number of benzene rings is 1. The fraction of sp³-hybridized carbons (Fsp3) is 0.381. The Morgan fingerprint density at radius 1 is 1.21 bits per heavy atom. The molecule has 1 aliphatic carbocycles. The van der Waals surface area contributed by atoms with Crippen LogP contribution in [0.4, 0.5) is 5.69 Å². The summed E-state index contributed by atoms with van der Waals surface area (Å²) in [4.78, 5) is 23.6. The van der Waals surface area contributed by atoms with E-state index < -0.39 is 0 Å². The van der Waals surface area contributed by atoms with Crippen molar-refractivity contribution in [2.24, 2.45) is 9.98 Å². The number of amides is 1. The van der Waals surface area contributed by atoms with Crippen molar-refractivity contribution in [3.63, 3.8) is 0 Å². The average Bonchev–Trinajstić information content (AvgIpc) is 3.35. The Morgan fingerprint density at radius 2 is 2.07 bits per heavy atom. The zero-order chi connectivity index (χ0) is 19.4. The maximum Gasteiger partial charge on any atom is 0.234 e. The van der Waals surface area contributed by atoms with Crippen LogP contribution in [0.2, 0.25) is 0 Å². The van der Waals surface area contributed by atoms with Gasteiger partial charge in [0.15, 0.2) is 5.66 Å². The summed E-state index contributed by atoms with van der Waals surface area (Å²) in [6, 6.07) is 11.5. The van der Waals surface area contributed by atoms with E-state index in [-0.39, 0.29) is 11.6 Å². The molecule has 1 amide bonds. The quantitative estimate of drug-likeness (QED) is 0.751. The third-order valence-corrected chi connectivity index (χ3v) is 6.78. The Kier molecular flexibility index (Phi) is 5.82. The third kappa shape index (κ3) is 4.31. The number of thioether (sulfide) groups is 1. The monoisotopic (exact) mass is 413 g/mol. The first-order chi connectivity index (χ1) is 13.7. The van der Waals surface area contributed by atoms with Crippen LogP contribution in [0.3, 0.4) is 0 Å². The summed E-state index contributed by atoms with van der Waals surface area (Å²) in [5, 5.41) is 5.88. The number of ether oxygens (including phenoxy) is 1. The second-order valence-electron chi connectivity index (χ2n) is 6.97. The first kappa shape index (κ1) is 19.2. The van der Waals surface area contributed by atoms with Gasteiger partial charge in [-0.1, -0.05) is 30.3 Å². The molecule has 1 aromatic heterocycles. The first-order valence-electron chi connectivity index (χ1n) is 9.48. The Bertz CT molecular complexity index is 900. The van der Waals surface area contributed by atoms with Gasteiger partial charge in [-0.2, -0.15) is 0 Å². The zero-order valence-electron chi connectivity index (χ0n) is 15.8. The van der Waals surface area contributed by atoms with Gasteiger partial charge >= 0.3 is 0 Å². The predicted octanol–water partition coefficient (Wildman–Crippen LogP) is 4.99. The van der Waals surface area contributed by atoms with Gasteiger partial charge < -0.3 is 10.1 Å². The van der Waals surface area contributed by atoms with Crippen molar-refractivity contribution < 1.29 is 9.53 Å². The van der Waals surface area contributed by atoms with Gasteiger partial charge in [-0.05, 0) is 49.3 Å². The molecule has 2 heterocycles. The summed E-state index contributed by atoms with van der Waals surface area (Å²) in [5.74, 6) is 0.962. The Labute approximate surface area is 173 Å². The molecule has 7 heteroatoms. The molecule has 1 aliphatic heterocycles. The molecule has 146 valence electrons. The highest BCUT2D eigenvalue weighted by Crippen LogP contribution is 2.39. The standard InChI is InChI=1S/C21H23N3O2S2/c1-26-16-8-5-7-15(13-16)22-18(25)14-28-20-19(17-9-6-12-27-17)23-21(24-20)10-3-2-4-11-21/h5-9,12-13H,2-4,10-11,14H2,1H3,(H,22,25). The van der Waals surface area contributed by atoms with Crippen LogP contribution in [0.1, 0.15) is 37.0 Å². The van der Waals surface area contributed by atoms with E-state index in [0.717, 1.165) is 39.9 Å². The van der Waals surface area contributed by atoms with Gasteiger partial charge in [0.25, 0.3) is 0 Å². The lowest BCUT2D eigenvalue weighted by Gasteiger charge is -2.27. The van der Waals surface area contributed by atoms with Crippen molar-refractivity contribution in [3.8, 4) is 5.75 Å². The maximum atomic E-state index is 12.5. The van der Waals surface area contributed by atoms with Crippen LogP contribution in [0.5, 0.6) is 5.75 Å². The number of anilines is 1. The van der Waals surface area contributed by atoms with Crippen LogP contribution in [0.25, 0.3) is 0 Å². The Hall–Kier alpha value is -2.12. The number of thiophene rings is 1. The van der Waals surface area contributed by atoms with Crippen LogP contribution in [-0.2, 0) is 4.79 Å². The number of nitrogens with zero attached hydrogens (tertiary/aromatic N) is 2. The minimum atomic E-state index is -0.302. The molecule has 0 atom stereocenters. The smallest absolute Gasteiger partial charge is 0.234 e. The van der Waals surface area contributed by atoms with E-state index >= 15 is 0 Å². The van der Waals surface area contributed by atoms with Gasteiger partial charge in [-0.15, -0.1) is 11.3 Å². The van der Waals surface area contributed by atoms with E-state index in [9.17, 15) is 4.79 Å². The number of methoxy groups -OCH3 is 1. The van der Waals surface area contributed by atoms with Crippen molar-refractivity contribution in [1.82, 2.24) is 0 Å². The number of carbonyl (C=O) groups excluding carboxylic acids is 1. The van der Waals surface area contributed by atoms with Gasteiger partial charge in [0.2, 0.25) is 5.91 Å². The van der Waals surface area contributed by atoms with Crippen LogP contribution in [0.15, 0.2) is 51.8 Å². The molecule has 2 aromatic rings. The minimum absolute atomic E-state index is 0.0592. The van der Waals surface area contributed by atoms with E-state index in [1.54, 1.807) is 18.4 Å². The normalized spacial score (nSPS) is 17.9. The molecule has 1 N–H and O–H groups in total. The molecule has 1 spiro atoms. The van der Waals surface area contributed by atoms with Gasteiger partial charge in [-0.3, -0.25) is 9.79 Å². The number of carbonyl (C=O) groups is 1. The molecule has 0 saturated heterocycles. The van der Waals surface area contributed by atoms with Crippen molar-refractivity contribution in [3.05, 3.63) is 46.7 Å². The molecule has 1 saturated carbocycles. The van der Waals surface area contributed by atoms with Crippen molar-refractivity contribution in [1.29, 1.82) is 0 Å². The number of nitrogens with one attached hydrogen (secondary N) is 1. The van der Waals surface area contributed by atoms with Crippen LogP contribution in [-0.4, -0.2) is 35.2 Å². The average molecular weight is 414 g/mol. The molecule has 0 bridgehead atoms. The summed E-state index contributed by atoms with van der Waals surface area (Å²) in [7, 11) is 1.61. The maximum absolute atomic E-state index is 12.5. The van der Waals surface area contributed by atoms with Crippen molar-refractivity contribution in [2.75, 3.05) is 18.2 Å². The summed E-state index contributed by atoms with van der Waals surface area (Å²) in [5.41, 5.74) is 1.38. The SMILES string of the molecule is COc1cccc(NC(=O)CSC2=NC3(CCCCC3)N=C2c2cccs2)c1. The lowest BCUT2D eigenvalue weighted by atomic mass is 9.90. The van der Waals surface area contributed by atoms with Gasteiger partial charge in [-0.25, -0.2) is 4.99 Å². The predicted molar refractivity (Wildman–Crippen MR) is 118 cm³/mol. The van der Waals surface area contributed by atoms with E-state index in [2.05, 4.69) is 16.8 Å². The number of hydrogen-bond donors (Lipinski definition) is 1. The summed E-state index contributed by atoms with van der Waals surface area (Å²) >= 11 is 3.15. The fourth-order valence-electron chi connectivity index (χ4n) is 3.57. The summed E-state index contributed by atoms with van der Waals surface area (Å²) in [6.07, 6.45) is 5.59. The summed E-state index contributed by atoms with van der Waals surface area (Å²) in [6.45, 7) is 0. The van der Waals surface area contributed by atoms with Crippen LogP contribution >= 0.6 is 23.1 Å². The molecule has 4 rings (SSSR count). The molecule has 0 radical (unpaired) electrons. The Balaban J connectivity index is 1.45. The second kappa shape index (κ2) is 8.49. The number of hydrogen-bond acceptors (Lipinski definition) is 6. The molecule has 0 unspecified atom stereocenters. The zero-order valence-corrected chi connectivity index (χ0v) is 17.4. The second-order valence-corrected chi connectivity index (χ2v) is 8.88. The first-order valence-corrected chi connectivity index (χ1v) is 11.3. The molecule has 2 aliphatic rings. The van der Waals surface area contributed by atoms with E-state index in [1.165, 1.54) is 31.0 Å². The van der Waals surface area contributed by atoms with Crippen molar-refractivity contribution >= 4 is 45.4 Å². The minimum Gasteiger partial charge on any atom is -0.497 e. The topological polar surface area (TPSA) is 63.0 Å². The molecule has 1 aromatic carbocycles. The van der Waals surface area contributed by atoms with E-state index in [1.807, 2.05) is 30.3 Å². The van der Waals surface area contributed by atoms with E-state index in [0.29, 0.717) is 5.75 Å². The molecular formula is C21H23N3O2S2. The lowest BCUT2D eigenvalue weighted by molar-refractivity contribution is -0.113. The van der Waals surface area contributed by atoms with Gasteiger partial charge in [0, 0.05) is 11.8 Å². The van der Waals surface area contributed by atoms with Crippen LogP contribution < -0.4 is 10.1 Å². The Morgan fingerprint density at radius 3 is 2.82 bits per heavy atom. The molecule has 1 fully saturated rings. The highest BCUT2D eigenvalue weighted by atomic mass is 32.2. The molecule has 5 nitrogen and oxygen atoms in total. The largest absolute Gasteiger partial charge is 0.497 e.